The maximum Gasteiger partial charge on any atom is 0.254 e. The molecule has 8 nitrogen and oxygen atoms in total. The minimum absolute atomic E-state index is 0.148. The highest BCUT2D eigenvalue weighted by Gasteiger charge is 2.47. The number of aryl methyl sites for hydroxylation is 1. The molecule has 1 saturated heterocycles. The fraction of sp³-hybridized carbons (Fsp3) is 0.586. The standard InChI is InChI=1S/C29H38ClN3O5S/c1-17-13-24(39-4)22(28(35)32-17)15-31-27(34)21-14-23(30)26-25(18(21)2)37-29(3,38-26)20-7-5-19(6-8-20)16-33-9-11-36-12-10-33/h13-14,19-20H,5-12,15-16H2,1-4H3,(H,31,34)(H,32,35)/i15D2. The number of benzene rings is 1. The number of thioether (sulfide) groups is 1. The summed E-state index contributed by atoms with van der Waals surface area (Å²) < 4.78 is 35.4. The van der Waals surface area contributed by atoms with E-state index in [-0.39, 0.29) is 22.1 Å². The van der Waals surface area contributed by atoms with Crippen molar-refractivity contribution in [1.29, 1.82) is 0 Å². The molecule has 1 unspecified atom stereocenters. The number of fused-ring (bicyclic) bond motifs is 1. The number of hydrogen-bond acceptors (Lipinski definition) is 7. The highest BCUT2D eigenvalue weighted by Crippen LogP contribution is 2.52. The van der Waals surface area contributed by atoms with Gasteiger partial charge in [-0.15, -0.1) is 11.8 Å². The molecule has 1 amide bonds. The van der Waals surface area contributed by atoms with Gasteiger partial charge in [-0.1, -0.05) is 11.6 Å². The van der Waals surface area contributed by atoms with E-state index in [1.807, 2.05) is 6.92 Å². The van der Waals surface area contributed by atoms with Crippen molar-refractivity contribution >= 4 is 29.3 Å². The van der Waals surface area contributed by atoms with E-state index in [9.17, 15) is 9.59 Å². The van der Waals surface area contributed by atoms with E-state index >= 15 is 0 Å². The van der Waals surface area contributed by atoms with Crippen LogP contribution in [-0.2, 0) is 11.2 Å². The van der Waals surface area contributed by atoms with Crippen LogP contribution in [0.2, 0.25) is 5.02 Å². The third kappa shape index (κ3) is 5.97. The molecule has 2 aromatic rings. The largest absolute Gasteiger partial charge is 0.448 e. The number of nitrogens with zero attached hydrogens (tertiary/aromatic N) is 1. The lowest BCUT2D eigenvalue weighted by atomic mass is 9.78. The Balaban J connectivity index is 1.30. The number of aromatic nitrogens is 1. The van der Waals surface area contributed by atoms with Gasteiger partial charge in [-0.2, -0.15) is 0 Å². The molecule has 2 N–H and O–H groups in total. The second-order valence-corrected chi connectivity index (χ2v) is 12.1. The number of halogens is 1. The van der Waals surface area contributed by atoms with Crippen molar-refractivity contribution in [3.05, 3.63) is 49.9 Å². The predicted octanol–water partition coefficient (Wildman–Crippen LogP) is 4.92. The van der Waals surface area contributed by atoms with Crippen LogP contribution in [0.1, 0.15) is 62.5 Å². The number of nitrogens with one attached hydrogen (secondary N) is 2. The van der Waals surface area contributed by atoms with Gasteiger partial charge >= 0.3 is 0 Å². The number of H-pyrrole nitrogens is 1. The minimum atomic E-state index is -2.43. The van der Waals surface area contributed by atoms with Crippen LogP contribution in [0.4, 0.5) is 0 Å². The summed E-state index contributed by atoms with van der Waals surface area (Å²) in [5.74, 6) is -0.00602. The maximum atomic E-state index is 13.4. The summed E-state index contributed by atoms with van der Waals surface area (Å²) in [7, 11) is 0. The van der Waals surface area contributed by atoms with Crippen molar-refractivity contribution in [1.82, 2.24) is 15.2 Å². The van der Waals surface area contributed by atoms with Gasteiger partial charge in [-0.25, -0.2) is 0 Å². The van der Waals surface area contributed by atoms with Crippen LogP contribution < -0.4 is 20.3 Å². The van der Waals surface area contributed by atoms with Gasteiger partial charge in [0.05, 0.1) is 21.0 Å². The second-order valence-electron chi connectivity index (χ2n) is 10.8. The average Bonchev–Trinajstić information content (AvgIpc) is 3.30. The van der Waals surface area contributed by atoms with Crippen LogP contribution in [0.3, 0.4) is 0 Å². The lowest BCUT2D eigenvalue weighted by molar-refractivity contribution is -0.123. The molecular formula is C29H38ClN3O5S. The zero-order valence-electron chi connectivity index (χ0n) is 24.9. The monoisotopic (exact) mass is 577 g/mol. The van der Waals surface area contributed by atoms with Crippen molar-refractivity contribution in [3.63, 3.8) is 0 Å². The van der Waals surface area contributed by atoms with E-state index in [0.717, 1.165) is 58.5 Å². The zero-order valence-corrected chi connectivity index (χ0v) is 24.5. The fourth-order valence-corrected chi connectivity index (χ4v) is 6.77. The SMILES string of the molecule is [2H]C([2H])(NC(=O)c1cc(Cl)c2c(c1C)OC(C)(C1CCC(CN3CCOCC3)CC1)O2)c1c(SC)cc(C)[nH]c1=O. The molecule has 0 spiro atoms. The minimum Gasteiger partial charge on any atom is -0.448 e. The van der Waals surface area contributed by atoms with Gasteiger partial charge < -0.3 is 24.5 Å². The van der Waals surface area contributed by atoms with E-state index in [2.05, 4.69) is 15.2 Å². The predicted molar refractivity (Wildman–Crippen MR) is 153 cm³/mol. The molecule has 1 aromatic carbocycles. The van der Waals surface area contributed by atoms with Crippen molar-refractivity contribution < 1.29 is 21.7 Å². The van der Waals surface area contributed by atoms with Crippen molar-refractivity contribution in [2.24, 2.45) is 11.8 Å². The molecule has 0 radical (unpaired) electrons. The average molecular weight is 578 g/mol. The summed E-state index contributed by atoms with van der Waals surface area (Å²) in [6, 6.07) is 3.16. The smallest absolute Gasteiger partial charge is 0.254 e. The van der Waals surface area contributed by atoms with Crippen LogP contribution in [-0.4, -0.2) is 60.7 Å². The van der Waals surface area contributed by atoms with Gasteiger partial charge in [0.15, 0.2) is 11.5 Å². The van der Waals surface area contributed by atoms with Crippen LogP contribution in [0.15, 0.2) is 21.8 Å². The topological polar surface area (TPSA) is 92.9 Å². The molecule has 1 aromatic heterocycles. The third-order valence-corrected chi connectivity index (χ3v) is 9.20. The Kier molecular flexibility index (Phi) is 7.74. The Morgan fingerprint density at radius 3 is 2.59 bits per heavy atom. The summed E-state index contributed by atoms with van der Waals surface area (Å²) in [5.41, 5.74) is 0.539. The van der Waals surface area contributed by atoms with E-state index in [0.29, 0.717) is 33.6 Å². The van der Waals surface area contributed by atoms with Gasteiger partial charge in [0.1, 0.15) is 0 Å². The number of pyridine rings is 1. The van der Waals surface area contributed by atoms with Gasteiger partial charge in [0.25, 0.3) is 17.3 Å². The molecule has 5 rings (SSSR count). The second kappa shape index (κ2) is 11.7. The van der Waals surface area contributed by atoms with Crippen molar-refractivity contribution in [3.8, 4) is 11.5 Å². The van der Waals surface area contributed by atoms with Gasteiger partial charge in [0, 0.05) is 66.3 Å². The first-order valence-corrected chi connectivity index (χ1v) is 15.1. The lowest BCUT2D eigenvalue weighted by Crippen LogP contribution is -2.46. The third-order valence-electron chi connectivity index (χ3n) is 8.15. The molecule has 3 aliphatic rings. The Bertz CT molecular complexity index is 1380. The molecule has 1 aliphatic carbocycles. The number of carbonyl (C=O) groups is 1. The van der Waals surface area contributed by atoms with E-state index in [1.54, 1.807) is 26.2 Å². The first kappa shape index (κ1) is 25.7. The first-order valence-electron chi connectivity index (χ1n) is 14.5. The Labute approximate surface area is 241 Å². The molecule has 2 fully saturated rings. The summed E-state index contributed by atoms with van der Waals surface area (Å²) in [6.07, 6.45) is 5.86. The van der Waals surface area contributed by atoms with E-state index in [4.69, 9.17) is 28.6 Å². The lowest BCUT2D eigenvalue weighted by Gasteiger charge is -2.39. The number of ether oxygens (including phenoxy) is 3. The first-order chi connectivity index (χ1) is 19.4. The highest BCUT2D eigenvalue weighted by molar-refractivity contribution is 7.98. The van der Waals surface area contributed by atoms with E-state index < -0.39 is 23.8 Å². The number of hydrogen-bond donors (Lipinski definition) is 2. The van der Waals surface area contributed by atoms with Gasteiger partial charge in [0.2, 0.25) is 0 Å². The van der Waals surface area contributed by atoms with Crippen LogP contribution in [0.5, 0.6) is 11.5 Å². The van der Waals surface area contributed by atoms with Crippen LogP contribution in [0.25, 0.3) is 0 Å². The van der Waals surface area contributed by atoms with Crippen LogP contribution in [0, 0.1) is 25.7 Å². The van der Waals surface area contributed by atoms with Crippen LogP contribution >= 0.6 is 23.4 Å². The summed E-state index contributed by atoms with van der Waals surface area (Å²) >= 11 is 7.86. The summed E-state index contributed by atoms with van der Waals surface area (Å²) in [5, 5.41) is 2.62. The maximum absolute atomic E-state index is 13.4. The molecule has 10 heteroatoms. The Morgan fingerprint density at radius 2 is 1.90 bits per heavy atom. The summed E-state index contributed by atoms with van der Waals surface area (Å²) in [6.45, 7) is 7.66. The molecule has 1 atom stereocenters. The van der Waals surface area contributed by atoms with Crippen molar-refractivity contribution in [2.45, 2.75) is 63.6 Å². The molecule has 0 bridgehead atoms. The number of aromatic amines is 1. The van der Waals surface area contributed by atoms with E-state index in [1.165, 1.54) is 17.8 Å². The Morgan fingerprint density at radius 1 is 1.21 bits per heavy atom. The number of rotatable bonds is 7. The summed E-state index contributed by atoms with van der Waals surface area (Å²) in [4.78, 5) is 31.7. The number of amides is 1. The van der Waals surface area contributed by atoms with Gasteiger partial charge in [-0.3, -0.25) is 14.5 Å². The molecular weight excluding hydrogens is 538 g/mol. The van der Waals surface area contributed by atoms with Crippen molar-refractivity contribution in [2.75, 3.05) is 39.1 Å². The number of carbonyl (C=O) groups excluding carboxylic acids is 1. The fourth-order valence-electron chi connectivity index (χ4n) is 5.89. The Hall–Kier alpha value is -2.20. The molecule has 39 heavy (non-hydrogen) atoms. The quantitative estimate of drug-likeness (QED) is 0.451. The molecule has 1 saturated carbocycles. The zero-order chi connectivity index (χ0) is 29.5. The molecule has 2 aliphatic heterocycles. The normalized spacial score (nSPS) is 26.2. The molecule has 212 valence electrons. The highest BCUT2D eigenvalue weighted by atomic mass is 35.5. The number of morpholine rings is 1. The van der Waals surface area contributed by atoms with Gasteiger partial charge in [-0.05, 0) is 63.8 Å². The molecule has 3 heterocycles.